The lowest BCUT2D eigenvalue weighted by Crippen LogP contribution is -2.47. The molecule has 0 amide bonds. The summed E-state index contributed by atoms with van der Waals surface area (Å²) in [6.07, 6.45) is 8.16. The quantitative estimate of drug-likeness (QED) is 0.351. The molecule has 27 heavy (non-hydrogen) atoms. The summed E-state index contributed by atoms with van der Waals surface area (Å²) in [5.41, 5.74) is 1.13. The van der Waals surface area contributed by atoms with Gasteiger partial charge in [-0.05, 0) is 52.4 Å². The van der Waals surface area contributed by atoms with Crippen LogP contribution in [0.15, 0.2) is 4.99 Å². The van der Waals surface area contributed by atoms with Crippen LogP contribution in [0, 0.1) is 19.8 Å². The second-order valence-corrected chi connectivity index (χ2v) is 8.88. The highest BCUT2D eigenvalue weighted by atomic mass is 127. The van der Waals surface area contributed by atoms with Crippen molar-refractivity contribution in [2.75, 3.05) is 26.2 Å². The van der Waals surface area contributed by atoms with Crippen molar-refractivity contribution >= 4 is 41.3 Å². The average Bonchev–Trinajstić information content (AvgIpc) is 3.27. The third kappa shape index (κ3) is 6.85. The molecule has 1 saturated carbocycles. The molecular weight excluding hydrogens is 471 g/mol. The molecule has 0 bridgehead atoms. The molecule has 0 radical (unpaired) electrons. The molecule has 2 heterocycles. The fourth-order valence-corrected chi connectivity index (χ4v) is 4.72. The van der Waals surface area contributed by atoms with Crippen molar-refractivity contribution in [3.05, 3.63) is 15.6 Å². The monoisotopic (exact) mass is 506 g/mol. The summed E-state index contributed by atoms with van der Waals surface area (Å²) >= 11 is 1.76. The normalized spacial score (nSPS) is 19.4. The van der Waals surface area contributed by atoms with Gasteiger partial charge in [0.15, 0.2) is 5.96 Å². The highest BCUT2D eigenvalue weighted by Crippen LogP contribution is 2.26. The molecule has 1 aliphatic heterocycles. The molecule has 0 aromatic carbocycles. The Kier molecular flexibility index (Phi) is 9.79. The van der Waals surface area contributed by atoms with Gasteiger partial charge in [-0.1, -0.05) is 12.8 Å². The van der Waals surface area contributed by atoms with Crippen LogP contribution in [0.2, 0.25) is 0 Å². The van der Waals surface area contributed by atoms with E-state index >= 15 is 0 Å². The van der Waals surface area contributed by atoms with E-state index in [1.807, 2.05) is 0 Å². The molecule has 5 nitrogen and oxygen atoms in total. The van der Waals surface area contributed by atoms with Crippen LogP contribution < -0.4 is 5.32 Å². The van der Waals surface area contributed by atoms with Crippen molar-refractivity contribution < 1.29 is 4.74 Å². The summed E-state index contributed by atoms with van der Waals surface area (Å²) in [6, 6.07) is 0. The van der Waals surface area contributed by atoms with Gasteiger partial charge in [-0.25, -0.2) is 9.98 Å². The molecular formula is C20H35IN4OS. The lowest BCUT2D eigenvalue weighted by molar-refractivity contribution is 0.00101. The van der Waals surface area contributed by atoms with Crippen LogP contribution in [0.25, 0.3) is 0 Å². The minimum Gasteiger partial charge on any atom is -0.378 e. The van der Waals surface area contributed by atoms with Crippen molar-refractivity contribution in [1.82, 2.24) is 15.2 Å². The van der Waals surface area contributed by atoms with Crippen LogP contribution in [0.3, 0.4) is 0 Å². The number of aromatic nitrogens is 1. The molecule has 0 atom stereocenters. The fourth-order valence-electron chi connectivity index (χ4n) is 3.86. The molecule has 1 N–H and O–H groups in total. The van der Waals surface area contributed by atoms with Crippen LogP contribution in [-0.2, 0) is 11.3 Å². The van der Waals surface area contributed by atoms with Gasteiger partial charge in [0.2, 0.25) is 0 Å². The minimum atomic E-state index is 0. The average molecular weight is 506 g/mol. The molecule has 3 rings (SSSR count). The molecule has 2 aliphatic rings. The molecule has 2 fully saturated rings. The van der Waals surface area contributed by atoms with Gasteiger partial charge < -0.3 is 15.0 Å². The maximum absolute atomic E-state index is 6.20. The lowest BCUT2D eigenvalue weighted by Gasteiger charge is -2.34. The Hall–Kier alpha value is -0.410. The van der Waals surface area contributed by atoms with E-state index in [1.165, 1.54) is 30.6 Å². The summed E-state index contributed by atoms with van der Waals surface area (Å²) in [6.45, 7) is 10.9. The van der Waals surface area contributed by atoms with E-state index in [1.54, 1.807) is 11.3 Å². The van der Waals surface area contributed by atoms with Crippen LogP contribution in [0.4, 0.5) is 0 Å². The van der Waals surface area contributed by atoms with Crippen LogP contribution in [0.5, 0.6) is 0 Å². The van der Waals surface area contributed by atoms with Gasteiger partial charge in [-0.3, -0.25) is 0 Å². The Bertz CT molecular complexity index is 573. The van der Waals surface area contributed by atoms with E-state index in [4.69, 9.17) is 9.73 Å². The number of piperidine rings is 1. The van der Waals surface area contributed by atoms with Crippen molar-refractivity contribution in [2.24, 2.45) is 10.9 Å². The number of aryl methyl sites for hydroxylation is 2. The van der Waals surface area contributed by atoms with Crippen molar-refractivity contribution in [3.8, 4) is 0 Å². The van der Waals surface area contributed by atoms with Gasteiger partial charge in [0.05, 0.1) is 18.3 Å². The number of nitrogens with one attached hydrogen (secondary N) is 1. The Morgan fingerprint density at radius 3 is 2.52 bits per heavy atom. The number of thiazole rings is 1. The molecule has 0 spiro atoms. The van der Waals surface area contributed by atoms with Crippen molar-refractivity contribution in [2.45, 2.75) is 71.9 Å². The van der Waals surface area contributed by atoms with Crippen molar-refractivity contribution in [3.63, 3.8) is 0 Å². The van der Waals surface area contributed by atoms with Crippen LogP contribution in [-0.4, -0.2) is 48.2 Å². The van der Waals surface area contributed by atoms with E-state index in [2.05, 4.69) is 36.0 Å². The highest BCUT2D eigenvalue weighted by molar-refractivity contribution is 14.0. The standard InChI is InChI=1S/C20H34N4OS.HI/c1-4-21-20(22-13-19-23-15(2)16(3)26-19)24-11-9-18(10-12-24)25-14-17-7-5-6-8-17;/h17-18H,4-14H2,1-3H3,(H,21,22);1H. The third-order valence-electron chi connectivity index (χ3n) is 5.56. The van der Waals surface area contributed by atoms with Crippen molar-refractivity contribution in [1.29, 1.82) is 0 Å². The molecule has 1 aromatic rings. The topological polar surface area (TPSA) is 49.8 Å². The number of rotatable bonds is 6. The number of halogens is 1. The van der Waals surface area contributed by atoms with Gasteiger partial charge in [-0.15, -0.1) is 35.3 Å². The molecule has 1 aromatic heterocycles. The zero-order chi connectivity index (χ0) is 18.4. The third-order valence-corrected chi connectivity index (χ3v) is 6.61. The summed E-state index contributed by atoms with van der Waals surface area (Å²) in [5, 5.41) is 4.55. The number of ether oxygens (including phenoxy) is 1. The maximum atomic E-state index is 6.20. The zero-order valence-electron chi connectivity index (χ0n) is 17.0. The van der Waals surface area contributed by atoms with E-state index < -0.39 is 0 Å². The first-order valence-electron chi connectivity index (χ1n) is 10.2. The number of hydrogen-bond donors (Lipinski definition) is 1. The number of hydrogen-bond acceptors (Lipinski definition) is 4. The Morgan fingerprint density at radius 2 is 1.93 bits per heavy atom. The first-order valence-corrected chi connectivity index (χ1v) is 11.0. The van der Waals surface area contributed by atoms with E-state index in [0.29, 0.717) is 12.6 Å². The Labute approximate surface area is 185 Å². The van der Waals surface area contributed by atoms with Crippen LogP contribution in [0.1, 0.15) is 61.0 Å². The SMILES string of the molecule is CCNC(=NCc1nc(C)c(C)s1)N1CCC(OCC2CCCC2)CC1.I. The summed E-state index contributed by atoms with van der Waals surface area (Å²) in [5.74, 6) is 1.84. The van der Waals surface area contributed by atoms with Crippen LogP contribution >= 0.6 is 35.3 Å². The largest absolute Gasteiger partial charge is 0.378 e. The van der Waals surface area contributed by atoms with Gasteiger partial charge in [0.25, 0.3) is 0 Å². The number of likely N-dealkylation sites (tertiary alicyclic amines) is 1. The first kappa shape index (κ1) is 22.9. The summed E-state index contributed by atoms with van der Waals surface area (Å²) in [7, 11) is 0. The van der Waals surface area contributed by atoms with E-state index in [9.17, 15) is 0 Å². The molecule has 0 unspecified atom stereocenters. The van der Waals surface area contributed by atoms with Gasteiger partial charge in [0.1, 0.15) is 5.01 Å². The molecule has 7 heteroatoms. The molecule has 154 valence electrons. The van der Waals surface area contributed by atoms with E-state index in [-0.39, 0.29) is 24.0 Å². The number of guanidine groups is 1. The van der Waals surface area contributed by atoms with Gasteiger partial charge in [-0.2, -0.15) is 0 Å². The predicted octanol–water partition coefficient (Wildman–Crippen LogP) is 4.51. The Morgan fingerprint density at radius 1 is 1.22 bits per heavy atom. The summed E-state index contributed by atoms with van der Waals surface area (Å²) < 4.78 is 6.20. The second kappa shape index (κ2) is 11.6. The Balaban J connectivity index is 0.00000261. The maximum Gasteiger partial charge on any atom is 0.194 e. The smallest absolute Gasteiger partial charge is 0.194 e. The van der Waals surface area contributed by atoms with E-state index in [0.717, 1.165) is 61.7 Å². The number of nitrogens with zero attached hydrogens (tertiary/aromatic N) is 3. The van der Waals surface area contributed by atoms with Gasteiger partial charge in [0, 0.05) is 31.1 Å². The summed E-state index contributed by atoms with van der Waals surface area (Å²) in [4.78, 5) is 13.1. The number of aliphatic imine (C=N–C) groups is 1. The highest BCUT2D eigenvalue weighted by Gasteiger charge is 2.24. The minimum absolute atomic E-state index is 0. The molecule has 1 aliphatic carbocycles. The lowest BCUT2D eigenvalue weighted by atomic mass is 10.1. The first-order chi connectivity index (χ1) is 12.7. The second-order valence-electron chi connectivity index (χ2n) is 7.59. The zero-order valence-corrected chi connectivity index (χ0v) is 20.1. The fraction of sp³-hybridized carbons (Fsp3) is 0.800. The predicted molar refractivity (Wildman–Crippen MR) is 124 cm³/mol. The van der Waals surface area contributed by atoms with Gasteiger partial charge >= 0.3 is 0 Å². The molecule has 1 saturated heterocycles.